The lowest BCUT2D eigenvalue weighted by molar-refractivity contribution is -0.124. The molecule has 2 heterocycles. The first kappa shape index (κ1) is 22.4. The summed E-state index contributed by atoms with van der Waals surface area (Å²) in [4.78, 5) is 33.5. The summed E-state index contributed by atoms with van der Waals surface area (Å²) in [5.74, 6) is -0.125. The number of nitrogens with one attached hydrogen (secondary N) is 1. The second-order valence-electron chi connectivity index (χ2n) is 8.52. The number of carbonyl (C=O) groups excluding carboxylic acids is 2. The first-order chi connectivity index (χ1) is 15.1. The number of aromatic nitrogens is 1. The summed E-state index contributed by atoms with van der Waals surface area (Å²) in [6.45, 7) is 5.94. The van der Waals surface area contributed by atoms with Gasteiger partial charge in [-0.05, 0) is 37.1 Å². The van der Waals surface area contributed by atoms with E-state index in [2.05, 4.69) is 30.7 Å². The second kappa shape index (κ2) is 10.2. The van der Waals surface area contributed by atoms with Crippen LogP contribution in [-0.2, 0) is 9.59 Å². The van der Waals surface area contributed by atoms with E-state index in [-0.39, 0.29) is 24.1 Å². The normalized spacial score (nSPS) is 21.2. The summed E-state index contributed by atoms with van der Waals surface area (Å²) in [6.07, 6.45) is 6.29. The van der Waals surface area contributed by atoms with Gasteiger partial charge in [-0.3, -0.25) is 14.5 Å². The SMILES string of the molecule is O=C1CC(c2c[nH]c3cccc(Br)c23)CC(=O)C1=CCCCN1CCN(CCO)CC1. The maximum absolute atomic E-state index is 12.8. The van der Waals surface area contributed by atoms with Crippen molar-refractivity contribution in [2.45, 2.75) is 31.6 Å². The van der Waals surface area contributed by atoms with Crippen molar-refractivity contribution in [3.05, 3.63) is 46.1 Å². The quantitative estimate of drug-likeness (QED) is 0.356. The molecule has 1 aliphatic heterocycles. The molecule has 0 bridgehead atoms. The van der Waals surface area contributed by atoms with Gasteiger partial charge in [0.05, 0.1) is 12.2 Å². The number of ketones is 2. The van der Waals surface area contributed by atoms with E-state index in [4.69, 9.17) is 5.11 Å². The van der Waals surface area contributed by atoms with Gasteiger partial charge >= 0.3 is 0 Å². The Bertz CT molecular complexity index is 956. The zero-order valence-electron chi connectivity index (χ0n) is 17.8. The largest absolute Gasteiger partial charge is 0.395 e. The summed E-state index contributed by atoms with van der Waals surface area (Å²) in [5.41, 5.74) is 2.47. The van der Waals surface area contributed by atoms with Gasteiger partial charge in [-0.1, -0.05) is 28.1 Å². The van der Waals surface area contributed by atoms with Crippen molar-refractivity contribution in [1.82, 2.24) is 14.8 Å². The number of piperazine rings is 1. The van der Waals surface area contributed by atoms with Crippen molar-refractivity contribution >= 4 is 38.4 Å². The van der Waals surface area contributed by atoms with E-state index < -0.39 is 0 Å². The molecule has 0 spiro atoms. The first-order valence-electron chi connectivity index (χ1n) is 11.1. The minimum Gasteiger partial charge on any atom is -0.395 e. The molecule has 1 saturated heterocycles. The lowest BCUT2D eigenvalue weighted by Crippen LogP contribution is -2.47. The van der Waals surface area contributed by atoms with Crippen molar-refractivity contribution in [3.63, 3.8) is 0 Å². The van der Waals surface area contributed by atoms with E-state index in [0.717, 1.165) is 73.0 Å². The molecule has 2 aromatic rings. The van der Waals surface area contributed by atoms with E-state index in [1.807, 2.05) is 30.5 Å². The van der Waals surface area contributed by atoms with Gasteiger partial charge in [0, 0.05) is 73.1 Å². The summed E-state index contributed by atoms with van der Waals surface area (Å²) in [6, 6.07) is 5.97. The third-order valence-corrected chi connectivity index (χ3v) is 7.16. The molecule has 1 saturated carbocycles. The molecule has 2 N–H and O–H groups in total. The summed E-state index contributed by atoms with van der Waals surface area (Å²) >= 11 is 3.60. The number of hydrogen-bond acceptors (Lipinski definition) is 5. The van der Waals surface area contributed by atoms with E-state index >= 15 is 0 Å². The minimum absolute atomic E-state index is 0.0275. The Morgan fingerprint density at radius 1 is 1.06 bits per heavy atom. The Labute approximate surface area is 191 Å². The monoisotopic (exact) mass is 487 g/mol. The molecule has 166 valence electrons. The number of Topliss-reactive ketones (excluding diaryl/α,β-unsaturated/α-hetero) is 2. The van der Waals surface area contributed by atoms with E-state index in [1.165, 1.54) is 0 Å². The number of aliphatic hydroxyl groups is 1. The number of unbranched alkanes of at least 4 members (excludes halogenated alkanes) is 1. The Hall–Kier alpha value is -1.80. The van der Waals surface area contributed by atoms with Crippen LogP contribution in [-0.4, -0.2) is 77.3 Å². The standard InChI is InChI=1S/C24H30BrN3O3/c25-20-5-3-6-21-24(20)19(16-26-21)17-14-22(30)18(23(31)15-17)4-1-2-7-27-8-10-28(11-9-27)12-13-29/h3-6,16-17,26,29H,1-2,7-15H2. The number of nitrogens with zero attached hydrogens (tertiary/aromatic N) is 2. The number of allylic oxidation sites excluding steroid dienone is 2. The molecule has 0 atom stereocenters. The average molecular weight is 488 g/mol. The number of benzene rings is 1. The molecular weight excluding hydrogens is 458 g/mol. The van der Waals surface area contributed by atoms with Gasteiger partial charge in [0.15, 0.2) is 11.6 Å². The Morgan fingerprint density at radius 3 is 2.42 bits per heavy atom. The fourth-order valence-corrected chi connectivity index (χ4v) is 5.36. The van der Waals surface area contributed by atoms with Crippen LogP contribution in [0.2, 0.25) is 0 Å². The highest BCUT2D eigenvalue weighted by Gasteiger charge is 2.32. The Morgan fingerprint density at radius 2 is 1.74 bits per heavy atom. The van der Waals surface area contributed by atoms with Gasteiger partial charge in [0.1, 0.15) is 0 Å². The molecule has 1 aromatic heterocycles. The molecule has 1 aromatic carbocycles. The molecule has 7 heteroatoms. The van der Waals surface area contributed by atoms with E-state index in [0.29, 0.717) is 18.4 Å². The number of rotatable bonds is 7. The molecule has 31 heavy (non-hydrogen) atoms. The lowest BCUT2D eigenvalue weighted by Gasteiger charge is -2.34. The van der Waals surface area contributed by atoms with Gasteiger partial charge in [0.25, 0.3) is 0 Å². The second-order valence-corrected chi connectivity index (χ2v) is 9.38. The van der Waals surface area contributed by atoms with Crippen LogP contribution in [0.15, 0.2) is 40.5 Å². The highest BCUT2D eigenvalue weighted by molar-refractivity contribution is 9.10. The zero-order valence-corrected chi connectivity index (χ0v) is 19.4. The fourth-order valence-electron chi connectivity index (χ4n) is 4.77. The van der Waals surface area contributed by atoms with Crippen LogP contribution in [0.3, 0.4) is 0 Å². The molecule has 1 aliphatic carbocycles. The first-order valence-corrected chi connectivity index (χ1v) is 11.9. The summed E-state index contributed by atoms with van der Waals surface area (Å²) < 4.78 is 0.986. The molecule has 0 unspecified atom stereocenters. The van der Waals surface area contributed by atoms with Crippen LogP contribution in [0.5, 0.6) is 0 Å². The number of H-pyrrole nitrogens is 1. The molecule has 0 radical (unpaired) electrons. The minimum atomic E-state index is -0.0696. The van der Waals surface area contributed by atoms with Crippen molar-refractivity contribution in [2.24, 2.45) is 0 Å². The average Bonchev–Trinajstić information content (AvgIpc) is 3.19. The van der Waals surface area contributed by atoms with E-state index in [9.17, 15) is 9.59 Å². The number of β-amino-alcohol motifs (C(OH)–C–C–N with tert-alkyl or cyclic N) is 1. The lowest BCUT2D eigenvalue weighted by atomic mass is 9.79. The van der Waals surface area contributed by atoms with Crippen LogP contribution < -0.4 is 0 Å². The predicted molar refractivity (Wildman–Crippen MR) is 125 cm³/mol. The van der Waals surface area contributed by atoms with Gasteiger partial charge in [0.2, 0.25) is 0 Å². The fraction of sp³-hybridized carbons (Fsp3) is 0.500. The molecule has 2 fully saturated rings. The number of hydrogen-bond donors (Lipinski definition) is 2. The van der Waals surface area contributed by atoms with Crippen LogP contribution in [0.25, 0.3) is 10.9 Å². The van der Waals surface area contributed by atoms with Crippen LogP contribution in [0.4, 0.5) is 0 Å². The van der Waals surface area contributed by atoms with Crippen molar-refractivity contribution in [1.29, 1.82) is 0 Å². The third kappa shape index (κ3) is 5.17. The molecule has 0 amide bonds. The van der Waals surface area contributed by atoms with Gasteiger partial charge in [-0.2, -0.15) is 0 Å². The topological polar surface area (TPSA) is 76.6 Å². The smallest absolute Gasteiger partial charge is 0.166 e. The van der Waals surface area contributed by atoms with Crippen molar-refractivity contribution in [3.8, 4) is 0 Å². The predicted octanol–water partition coefficient (Wildman–Crippen LogP) is 3.26. The number of aromatic amines is 1. The number of aliphatic hydroxyl groups excluding tert-OH is 1. The number of fused-ring (bicyclic) bond motifs is 1. The highest BCUT2D eigenvalue weighted by atomic mass is 79.9. The zero-order chi connectivity index (χ0) is 21.8. The highest BCUT2D eigenvalue weighted by Crippen LogP contribution is 2.38. The molecule has 6 nitrogen and oxygen atoms in total. The van der Waals surface area contributed by atoms with Crippen LogP contribution in [0, 0.1) is 0 Å². The van der Waals surface area contributed by atoms with Gasteiger partial charge < -0.3 is 15.0 Å². The Kier molecular flexibility index (Phi) is 7.38. The summed E-state index contributed by atoms with van der Waals surface area (Å²) in [5, 5.41) is 10.1. The number of carbonyl (C=O) groups is 2. The molecular formula is C24H30BrN3O3. The van der Waals surface area contributed by atoms with Gasteiger partial charge in [-0.15, -0.1) is 0 Å². The molecule has 2 aliphatic rings. The Balaban J connectivity index is 1.31. The molecule has 4 rings (SSSR count). The van der Waals surface area contributed by atoms with Crippen molar-refractivity contribution in [2.75, 3.05) is 45.9 Å². The number of halogens is 1. The van der Waals surface area contributed by atoms with Gasteiger partial charge in [-0.25, -0.2) is 0 Å². The van der Waals surface area contributed by atoms with E-state index in [1.54, 1.807) is 0 Å². The van der Waals surface area contributed by atoms with Crippen LogP contribution in [0.1, 0.15) is 37.2 Å². The third-order valence-electron chi connectivity index (χ3n) is 6.50. The van der Waals surface area contributed by atoms with Crippen molar-refractivity contribution < 1.29 is 14.7 Å². The summed E-state index contributed by atoms with van der Waals surface area (Å²) in [7, 11) is 0. The maximum Gasteiger partial charge on any atom is 0.166 e. The maximum atomic E-state index is 12.8. The van der Waals surface area contributed by atoms with Crippen LogP contribution >= 0.6 is 15.9 Å².